The molecule has 3 rings (SSSR count). The quantitative estimate of drug-likeness (QED) is 0.172. The molecule has 33 heavy (non-hydrogen) atoms. The normalized spacial score (nSPS) is 11.8. The topological polar surface area (TPSA) is 78.8 Å². The number of benzene rings is 3. The number of aryl methyl sites for hydroxylation is 1. The second kappa shape index (κ2) is 11.2. The Morgan fingerprint density at radius 3 is 2.18 bits per heavy atom. The summed E-state index contributed by atoms with van der Waals surface area (Å²) in [6.45, 7) is 3.29. The van der Waals surface area contributed by atoms with Crippen molar-refractivity contribution < 1.29 is 13.2 Å². The van der Waals surface area contributed by atoms with Crippen molar-refractivity contribution in [1.82, 2.24) is 5.43 Å². The van der Waals surface area contributed by atoms with E-state index in [0.717, 1.165) is 23.9 Å². The number of amides is 1. The molecule has 3 aromatic rings. The molecule has 0 aromatic heterocycles. The van der Waals surface area contributed by atoms with E-state index in [2.05, 4.69) is 33.1 Å². The average molecular weight is 594 g/mol. The van der Waals surface area contributed by atoms with E-state index in [1.54, 1.807) is 43.3 Å². The van der Waals surface area contributed by atoms with Crippen LogP contribution in [0.4, 0.5) is 5.69 Å². The summed E-state index contributed by atoms with van der Waals surface area (Å²) >= 11 is 3.74. The van der Waals surface area contributed by atoms with Gasteiger partial charge in [-0.25, -0.2) is 13.8 Å². The molecule has 0 saturated heterocycles. The van der Waals surface area contributed by atoms with Crippen LogP contribution >= 0.6 is 34.4 Å². The Bertz CT molecular complexity index is 1240. The van der Waals surface area contributed by atoms with Gasteiger partial charge >= 0.3 is 0 Å². The standard InChI is InChI=1S/C24H24IN3O3S2/c1-17-4-10-21(11-5-17)28(33(30,31)23-14-12-22(32-3)13-15-23)16-24(29)27-26-18(2)19-6-8-20(25)9-7-19/h4-15H,16H2,1-3H3,(H,27,29)/b26-18-. The Labute approximate surface area is 212 Å². The summed E-state index contributed by atoms with van der Waals surface area (Å²) in [6, 6.07) is 21.3. The zero-order chi connectivity index (χ0) is 24.0. The summed E-state index contributed by atoms with van der Waals surface area (Å²) in [5.74, 6) is -0.537. The minimum absolute atomic E-state index is 0.118. The number of rotatable bonds is 8. The van der Waals surface area contributed by atoms with E-state index in [-0.39, 0.29) is 4.90 Å². The summed E-state index contributed by atoms with van der Waals surface area (Å²) in [5.41, 5.74) is 5.37. The van der Waals surface area contributed by atoms with E-state index in [9.17, 15) is 13.2 Å². The third-order valence-electron chi connectivity index (χ3n) is 4.87. The SMILES string of the molecule is CSc1ccc(S(=O)(=O)N(CC(=O)N/N=C(/C)c2ccc(I)cc2)c2ccc(C)cc2)cc1. The number of carbonyl (C=O) groups excluding carboxylic acids is 1. The number of hydrogen-bond donors (Lipinski definition) is 1. The van der Waals surface area contributed by atoms with Crippen molar-refractivity contribution >= 4 is 61.7 Å². The van der Waals surface area contributed by atoms with Crippen molar-refractivity contribution in [3.05, 3.63) is 87.5 Å². The molecular weight excluding hydrogens is 569 g/mol. The Morgan fingerprint density at radius 1 is 1.00 bits per heavy atom. The van der Waals surface area contributed by atoms with Gasteiger partial charge in [0.1, 0.15) is 6.54 Å². The molecule has 0 heterocycles. The van der Waals surface area contributed by atoms with Gasteiger partial charge in [-0.2, -0.15) is 5.10 Å². The fourth-order valence-electron chi connectivity index (χ4n) is 2.97. The van der Waals surface area contributed by atoms with Gasteiger partial charge in [0.05, 0.1) is 16.3 Å². The Morgan fingerprint density at radius 2 is 1.61 bits per heavy atom. The lowest BCUT2D eigenvalue weighted by Gasteiger charge is -2.24. The molecule has 0 fully saturated rings. The van der Waals surface area contributed by atoms with Crippen LogP contribution in [0.3, 0.4) is 0 Å². The van der Waals surface area contributed by atoms with Gasteiger partial charge in [0.2, 0.25) is 0 Å². The van der Waals surface area contributed by atoms with Crippen molar-refractivity contribution in [1.29, 1.82) is 0 Å². The van der Waals surface area contributed by atoms with Gasteiger partial charge < -0.3 is 0 Å². The maximum atomic E-state index is 13.4. The van der Waals surface area contributed by atoms with E-state index in [0.29, 0.717) is 11.4 Å². The van der Waals surface area contributed by atoms with Crippen molar-refractivity contribution in [3.63, 3.8) is 0 Å². The first kappa shape index (κ1) is 25.3. The number of anilines is 1. The maximum Gasteiger partial charge on any atom is 0.264 e. The third-order valence-corrected chi connectivity index (χ3v) is 8.12. The Balaban J connectivity index is 1.86. The number of thioether (sulfide) groups is 1. The first-order chi connectivity index (χ1) is 15.7. The van der Waals surface area contributed by atoms with Gasteiger partial charge in [0.15, 0.2) is 0 Å². The molecule has 6 nitrogen and oxygen atoms in total. The monoisotopic (exact) mass is 593 g/mol. The Kier molecular flexibility index (Phi) is 8.55. The minimum Gasteiger partial charge on any atom is -0.271 e. The van der Waals surface area contributed by atoms with Gasteiger partial charge in [-0.15, -0.1) is 11.8 Å². The molecule has 0 spiro atoms. The van der Waals surface area contributed by atoms with Crippen LogP contribution in [0.25, 0.3) is 0 Å². The van der Waals surface area contributed by atoms with Crippen LogP contribution < -0.4 is 9.73 Å². The van der Waals surface area contributed by atoms with Crippen LogP contribution in [0, 0.1) is 10.5 Å². The molecule has 0 aliphatic carbocycles. The van der Waals surface area contributed by atoms with Crippen LogP contribution in [0.1, 0.15) is 18.1 Å². The highest BCUT2D eigenvalue weighted by atomic mass is 127. The first-order valence-electron chi connectivity index (χ1n) is 10.0. The molecular formula is C24H24IN3O3S2. The van der Waals surface area contributed by atoms with E-state index in [1.165, 1.54) is 11.8 Å². The molecule has 9 heteroatoms. The number of halogens is 1. The van der Waals surface area contributed by atoms with E-state index in [1.807, 2.05) is 49.6 Å². The molecule has 0 bridgehead atoms. The number of hydrogen-bond acceptors (Lipinski definition) is 5. The molecule has 0 aliphatic heterocycles. The van der Waals surface area contributed by atoms with Gasteiger partial charge in [-0.3, -0.25) is 9.10 Å². The van der Waals surface area contributed by atoms with Crippen molar-refractivity contribution in [2.24, 2.45) is 5.10 Å². The van der Waals surface area contributed by atoms with Crippen LogP contribution in [0.5, 0.6) is 0 Å². The van der Waals surface area contributed by atoms with E-state index >= 15 is 0 Å². The van der Waals surface area contributed by atoms with Crippen LogP contribution in [-0.4, -0.2) is 32.8 Å². The molecule has 0 saturated carbocycles. The summed E-state index contributed by atoms with van der Waals surface area (Å²) in [6.07, 6.45) is 1.92. The first-order valence-corrected chi connectivity index (χ1v) is 13.8. The highest BCUT2D eigenvalue weighted by Crippen LogP contribution is 2.25. The minimum atomic E-state index is -3.97. The third kappa shape index (κ3) is 6.58. The van der Waals surface area contributed by atoms with Crippen LogP contribution in [-0.2, 0) is 14.8 Å². The van der Waals surface area contributed by atoms with Gasteiger partial charge in [-0.1, -0.05) is 29.8 Å². The lowest BCUT2D eigenvalue weighted by atomic mass is 10.1. The molecule has 1 amide bonds. The van der Waals surface area contributed by atoms with E-state index in [4.69, 9.17) is 0 Å². The Hall–Kier alpha value is -2.37. The fourth-order valence-corrected chi connectivity index (χ4v) is 5.16. The van der Waals surface area contributed by atoms with E-state index < -0.39 is 22.5 Å². The van der Waals surface area contributed by atoms with Crippen LogP contribution in [0.15, 0.2) is 87.7 Å². The zero-order valence-electron chi connectivity index (χ0n) is 18.4. The number of nitrogens with one attached hydrogen (secondary N) is 1. The number of nitrogens with zero attached hydrogens (tertiary/aromatic N) is 2. The summed E-state index contributed by atoms with van der Waals surface area (Å²) in [7, 11) is -3.97. The predicted octanol–water partition coefficient (Wildman–Crippen LogP) is 5.06. The molecule has 172 valence electrons. The number of sulfonamides is 1. The smallest absolute Gasteiger partial charge is 0.264 e. The highest BCUT2D eigenvalue weighted by molar-refractivity contribution is 14.1. The second-order valence-corrected chi connectivity index (χ2v) is 11.2. The van der Waals surface area contributed by atoms with Gasteiger partial charge in [-0.05, 0) is 96.8 Å². The van der Waals surface area contributed by atoms with Crippen molar-refractivity contribution in [2.45, 2.75) is 23.6 Å². The molecule has 0 aliphatic rings. The fraction of sp³-hybridized carbons (Fsp3) is 0.167. The molecule has 3 aromatic carbocycles. The zero-order valence-corrected chi connectivity index (χ0v) is 22.2. The van der Waals surface area contributed by atoms with Crippen LogP contribution in [0.2, 0.25) is 0 Å². The van der Waals surface area contributed by atoms with Gasteiger partial charge in [0, 0.05) is 8.47 Å². The van der Waals surface area contributed by atoms with Gasteiger partial charge in [0.25, 0.3) is 15.9 Å². The van der Waals surface area contributed by atoms with Crippen molar-refractivity contribution in [3.8, 4) is 0 Å². The maximum absolute atomic E-state index is 13.4. The molecule has 0 radical (unpaired) electrons. The lowest BCUT2D eigenvalue weighted by Crippen LogP contribution is -2.39. The molecule has 0 atom stereocenters. The molecule has 1 N–H and O–H groups in total. The largest absolute Gasteiger partial charge is 0.271 e. The second-order valence-electron chi connectivity index (χ2n) is 7.26. The average Bonchev–Trinajstić information content (AvgIpc) is 2.82. The number of hydrazone groups is 1. The summed E-state index contributed by atoms with van der Waals surface area (Å²) < 4.78 is 29.1. The lowest BCUT2D eigenvalue weighted by molar-refractivity contribution is -0.119. The summed E-state index contributed by atoms with van der Waals surface area (Å²) in [4.78, 5) is 13.8. The molecule has 0 unspecified atom stereocenters. The number of carbonyl (C=O) groups is 1. The highest BCUT2D eigenvalue weighted by Gasteiger charge is 2.27. The van der Waals surface area contributed by atoms with Crippen molar-refractivity contribution in [2.75, 3.05) is 17.1 Å². The predicted molar refractivity (Wildman–Crippen MR) is 143 cm³/mol. The summed E-state index contributed by atoms with van der Waals surface area (Å²) in [5, 5.41) is 4.15.